The van der Waals surface area contributed by atoms with E-state index in [9.17, 15) is 9.59 Å². The minimum absolute atomic E-state index is 0.176. The molecular formula is C20H13Cl2N3O3. The molecule has 6 nitrogen and oxygen atoms in total. The Morgan fingerprint density at radius 2 is 1.86 bits per heavy atom. The summed E-state index contributed by atoms with van der Waals surface area (Å²) < 4.78 is 5.65. The van der Waals surface area contributed by atoms with E-state index in [0.29, 0.717) is 26.8 Å². The Bertz CT molecular complexity index is 1250. The summed E-state index contributed by atoms with van der Waals surface area (Å²) in [5.41, 5.74) is 6.58. The second-order valence-electron chi connectivity index (χ2n) is 6.15. The molecule has 3 N–H and O–H groups in total. The number of primary amides is 1. The second-order valence-corrected chi connectivity index (χ2v) is 6.97. The number of benzene rings is 2. The number of aromatic amines is 1. The lowest BCUT2D eigenvalue weighted by Crippen LogP contribution is -2.16. The first-order valence-corrected chi connectivity index (χ1v) is 9.01. The number of nitrogens with zero attached hydrogens (tertiary/aromatic N) is 1. The highest BCUT2D eigenvalue weighted by molar-refractivity contribution is 6.31. The maximum atomic E-state index is 12.6. The number of amides is 1. The van der Waals surface area contributed by atoms with Crippen LogP contribution in [0.3, 0.4) is 0 Å². The van der Waals surface area contributed by atoms with Crippen LogP contribution in [0.4, 0.5) is 0 Å². The number of fused-ring (bicyclic) bond motifs is 2. The first kappa shape index (κ1) is 18.3. The van der Waals surface area contributed by atoms with Gasteiger partial charge in [0, 0.05) is 22.2 Å². The van der Waals surface area contributed by atoms with Gasteiger partial charge in [0.1, 0.15) is 16.5 Å². The summed E-state index contributed by atoms with van der Waals surface area (Å²) in [5, 5.41) is 3.07. The van der Waals surface area contributed by atoms with Gasteiger partial charge in [0.25, 0.3) is 5.91 Å². The van der Waals surface area contributed by atoms with E-state index in [2.05, 4.69) is 9.97 Å². The first-order valence-electron chi connectivity index (χ1n) is 8.25. The largest absolute Gasteiger partial charge is 0.485 e. The van der Waals surface area contributed by atoms with E-state index in [4.69, 9.17) is 33.7 Å². The topological polar surface area (TPSA) is 98.1 Å². The molecule has 0 bridgehead atoms. The molecule has 0 spiro atoms. The number of carbonyl (C=O) groups excluding carboxylic acids is 2. The Morgan fingerprint density at radius 3 is 2.64 bits per heavy atom. The molecule has 8 heteroatoms. The predicted molar refractivity (Wildman–Crippen MR) is 108 cm³/mol. The highest BCUT2D eigenvalue weighted by atomic mass is 35.5. The Kier molecular flexibility index (Phi) is 4.66. The van der Waals surface area contributed by atoms with Crippen molar-refractivity contribution < 1.29 is 14.3 Å². The fourth-order valence-electron chi connectivity index (χ4n) is 2.99. The monoisotopic (exact) mass is 413 g/mol. The molecular weight excluding hydrogens is 401 g/mol. The van der Waals surface area contributed by atoms with E-state index < -0.39 is 5.91 Å². The third-order valence-electron chi connectivity index (χ3n) is 4.33. The minimum Gasteiger partial charge on any atom is -0.485 e. The number of nitrogens with two attached hydrogens (primary N) is 1. The third-order valence-corrected chi connectivity index (χ3v) is 4.78. The lowest BCUT2D eigenvalue weighted by atomic mass is 10.1. The predicted octanol–water partition coefficient (Wildman–Crippen LogP) is 4.38. The molecule has 0 aliphatic carbocycles. The number of nitrogens with one attached hydrogen (secondary N) is 1. The number of halogens is 2. The molecule has 28 heavy (non-hydrogen) atoms. The first-order chi connectivity index (χ1) is 13.4. The van der Waals surface area contributed by atoms with Crippen LogP contribution >= 0.6 is 23.2 Å². The number of hydrogen-bond donors (Lipinski definition) is 2. The van der Waals surface area contributed by atoms with E-state index in [-0.39, 0.29) is 23.7 Å². The van der Waals surface area contributed by atoms with Crippen LogP contribution in [0.5, 0.6) is 5.75 Å². The van der Waals surface area contributed by atoms with Crippen molar-refractivity contribution in [2.75, 3.05) is 6.61 Å². The minimum atomic E-state index is -0.657. The van der Waals surface area contributed by atoms with Crippen LogP contribution in [0.25, 0.3) is 21.8 Å². The lowest BCUT2D eigenvalue weighted by molar-refractivity contribution is 0.0914. The average Bonchev–Trinajstić information content (AvgIpc) is 3.08. The third kappa shape index (κ3) is 3.40. The Morgan fingerprint density at radius 1 is 1.04 bits per heavy atom. The van der Waals surface area contributed by atoms with Crippen molar-refractivity contribution in [3.05, 3.63) is 70.0 Å². The molecule has 2 aromatic carbocycles. The number of pyridine rings is 1. The van der Waals surface area contributed by atoms with Crippen LogP contribution in [0, 0.1) is 0 Å². The van der Waals surface area contributed by atoms with Crippen molar-refractivity contribution in [2.24, 2.45) is 5.73 Å². The van der Waals surface area contributed by atoms with Crippen LogP contribution in [-0.2, 0) is 0 Å². The standard InChI is InChI=1S/C20H13Cl2N3O3/c21-12-2-1-10-7-17(14(19(23)27)6-11(10)5-12)28-9-16(26)15-8-24-20-13(15)3-4-18(22)25-20/h1-8H,9H2,(H2,23,27)(H,24,25). The van der Waals surface area contributed by atoms with Crippen LogP contribution in [0.2, 0.25) is 10.2 Å². The highest BCUT2D eigenvalue weighted by Gasteiger charge is 2.17. The van der Waals surface area contributed by atoms with Crippen LogP contribution < -0.4 is 10.5 Å². The summed E-state index contributed by atoms with van der Waals surface area (Å²) in [6, 6.07) is 11.8. The number of hydrogen-bond acceptors (Lipinski definition) is 4. The number of rotatable bonds is 5. The normalized spacial score (nSPS) is 11.1. The summed E-state index contributed by atoms with van der Waals surface area (Å²) in [6.07, 6.45) is 1.55. The molecule has 0 saturated carbocycles. The van der Waals surface area contributed by atoms with Gasteiger partial charge in [-0.3, -0.25) is 9.59 Å². The zero-order valence-corrected chi connectivity index (χ0v) is 15.8. The fourth-order valence-corrected chi connectivity index (χ4v) is 3.32. The van der Waals surface area contributed by atoms with E-state index in [1.54, 1.807) is 48.7 Å². The van der Waals surface area contributed by atoms with Gasteiger partial charge in [-0.25, -0.2) is 4.98 Å². The summed E-state index contributed by atoms with van der Waals surface area (Å²) in [6.45, 7) is -0.269. The van der Waals surface area contributed by atoms with Gasteiger partial charge in [-0.15, -0.1) is 0 Å². The van der Waals surface area contributed by atoms with Gasteiger partial charge >= 0.3 is 0 Å². The number of carbonyl (C=O) groups is 2. The Labute approximate surface area is 169 Å². The number of Topliss-reactive ketones (excluding diaryl/α,β-unsaturated/α-hetero) is 1. The van der Waals surface area contributed by atoms with Gasteiger partial charge in [-0.05, 0) is 47.2 Å². The van der Waals surface area contributed by atoms with E-state index >= 15 is 0 Å². The molecule has 2 heterocycles. The van der Waals surface area contributed by atoms with Crippen LogP contribution in [-0.4, -0.2) is 28.3 Å². The van der Waals surface area contributed by atoms with E-state index in [0.717, 1.165) is 10.8 Å². The van der Waals surface area contributed by atoms with Gasteiger partial charge in [0.15, 0.2) is 6.61 Å². The second kappa shape index (κ2) is 7.14. The molecule has 4 aromatic rings. The smallest absolute Gasteiger partial charge is 0.252 e. The molecule has 140 valence electrons. The summed E-state index contributed by atoms with van der Waals surface area (Å²) in [7, 11) is 0. The van der Waals surface area contributed by atoms with E-state index in [1.807, 2.05) is 0 Å². The van der Waals surface area contributed by atoms with Crippen molar-refractivity contribution in [3.8, 4) is 5.75 Å². The zero-order chi connectivity index (χ0) is 19.8. The lowest BCUT2D eigenvalue weighted by Gasteiger charge is -2.11. The molecule has 0 aliphatic heterocycles. The summed E-state index contributed by atoms with van der Waals surface area (Å²) in [4.78, 5) is 31.5. The Hall–Kier alpha value is -3.09. The average molecular weight is 414 g/mol. The fraction of sp³-hybridized carbons (Fsp3) is 0.0500. The van der Waals surface area contributed by atoms with Gasteiger partial charge in [-0.2, -0.15) is 0 Å². The van der Waals surface area contributed by atoms with Gasteiger partial charge in [0.05, 0.1) is 5.56 Å². The van der Waals surface area contributed by atoms with Crippen molar-refractivity contribution in [1.82, 2.24) is 9.97 Å². The summed E-state index contributed by atoms with van der Waals surface area (Å²) in [5.74, 6) is -0.700. The van der Waals surface area contributed by atoms with Crippen molar-refractivity contribution >= 4 is 56.7 Å². The van der Waals surface area contributed by atoms with Crippen molar-refractivity contribution in [2.45, 2.75) is 0 Å². The molecule has 0 fully saturated rings. The number of ether oxygens (including phenoxy) is 1. The number of aromatic nitrogens is 2. The van der Waals surface area contributed by atoms with Crippen molar-refractivity contribution in [3.63, 3.8) is 0 Å². The molecule has 0 aliphatic rings. The molecule has 0 radical (unpaired) electrons. The molecule has 1 amide bonds. The Balaban J connectivity index is 1.64. The van der Waals surface area contributed by atoms with Crippen LogP contribution in [0.15, 0.2) is 48.7 Å². The molecule has 4 rings (SSSR count). The van der Waals surface area contributed by atoms with Gasteiger partial charge in [0.2, 0.25) is 5.78 Å². The van der Waals surface area contributed by atoms with Gasteiger partial charge < -0.3 is 15.5 Å². The molecule has 0 saturated heterocycles. The quantitative estimate of drug-likeness (QED) is 0.374. The molecule has 0 unspecified atom stereocenters. The zero-order valence-electron chi connectivity index (χ0n) is 14.3. The van der Waals surface area contributed by atoms with Crippen LogP contribution in [0.1, 0.15) is 20.7 Å². The highest BCUT2D eigenvalue weighted by Crippen LogP contribution is 2.28. The number of ketones is 1. The molecule has 0 atom stereocenters. The maximum absolute atomic E-state index is 12.6. The number of H-pyrrole nitrogens is 1. The SMILES string of the molecule is NC(=O)c1cc2cc(Cl)ccc2cc1OCC(=O)c1c[nH]c2nc(Cl)ccc12. The maximum Gasteiger partial charge on any atom is 0.252 e. The molecule has 2 aromatic heterocycles. The summed E-state index contributed by atoms with van der Waals surface area (Å²) >= 11 is 11.9. The van der Waals surface area contributed by atoms with Crippen molar-refractivity contribution in [1.29, 1.82) is 0 Å². The van der Waals surface area contributed by atoms with Gasteiger partial charge in [-0.1, -0.05) is 29.3 Å². The van der Waals surface area contributed by atoms with E-state index in [1.165, 1.54) is 0 Å².